The van der Waals surface area contributed by atoms with Crippen molar-refractivity contribution in [2.24, 2.45) is 0 Å². The average molecular weight is 273 g/mol. The first-order valence-corrected chi connectivity index (χ1v) is 8.17. The summed E-state index contributed by atoms with van der Waals surface area (Å²) in [4.78, 5) is 0. The number of aryl methyl sites for hydroxylation is 1. The molecular formula is C18H27NO. The number of aliphatic hydroxyl groups is 1. The van der Waals surface area contributed by atoms with Crippen LogP contribution < -0.4 is 5.32 Å². The summed E-state index contributed by atoms with van der Waals surface area (Å²) in [5.74, 6) is 0.717. The van der Waals surface area contributed by atoms with Crippen molar-refractivity contribution in [3.8, 4) is 0 Å². The molecule has 2 fully saturated rings. The Labute approximate surface area is 122 Å². The molecule has 0 unspecified atom stereocenters. The summed E-state index contributed by atoms with van der Waals surface area (Å²) in [7, 11) is 0. The fraction of sp³-hybridized carbons (Fsp3) is 0.667. The average Bonchev–Trinajstić information content (AvgIpc) is 2.40. The Balaban J connectivity index is 1.43. The fourth-order valence-corrected chi connectivity index (χ4v) is 3.62. The summed E-state index contributed by atoms with van der Waals surface area (Å²) in [6.45, 7) is 2.93. The van der Waals surface area contributed by atoms with Crippen LogP contribution in [0.25, 0.3) is 0 Å². The van der Waals surface area contributed by atoms with Gasteiger partial charge in [-0.1, -0.05) is 49.1 Å². The van der Waals surface area contributed by atoms with E-state index in [1.165, 1.54) is 43.2 Å². The van der Waals surface area contributed by atoms with Crippen LogP contribution in [0.2, 0.25) is 0 Å². The second kappa shape index (κ2) is 5.87. The minimum Gasteiger partial charge on any atom is -0.389 e. The Morgan fingerprint density at radius 1 is 1.10 bits per heavy atom. The molecule has 3 rings (SSSR count). The molecule has 0 atom stereocenters. The first-order chi connectivity index (χ1) is 9.65. The van der Waals surface area contributed by atoms with Crippen LogP contribution in [0.15, 0.2) is 24.3 Å². The first kappa shape index (κ1) is 14.1. The van der Waals surface area contributed by atoms with Gasteiger partial charge in [0, 0.05) is 12.6 Å². The Morgan fingerprint density at radius 2 is 1.75 bits per heavy atom. The van der Waals surface area contributed by atoms with E-state index >= 15 is 0 Å². The molecule has 2 aliphatic rings. The predicted octanol–water partition coefficient (Wildman–Crippen LogP) is 3.53. The molecule has 1 aromatic rings. The predicted molar refractivity (Wildman–Crippen MR) is 83.0 cm³/mol. The van der Waals surface area contributed by atoms with E-state index in [9.17, 15) is 5.11 Å². The van der Waals surface area contributed by atoms with Crippen molar-refractivity contribution in [1.82, 2.24) is 5.32 Å². The molecule has 110 valence electrons. The Bertz CT molecular complexity index is 427. The van der Waals surface area contributed by atoms with Crippen molar-refractivity contribution in [2.75, 3.05) is 6.54 Å². The van der Waals surface area contributed by atoms with E-state index in [-0.39, 0.29) is 0 Å². The van der Waals surface area contributed by atoms with Gasteiger partial charge in [-0.15, -0.1) is 0 Å². The molecule has 2 N–H and O–H groups in total. The summed E-state index contributed by atoms with van der Waals surface area (Å²) in [5.41, 5.74) is 2.39. The summed E-state index contributed by atoms with van der Waals surface area (Å²) in [5, 5.41) is 14.1. The van der Waals surface area contributed by atoms with Crippen LogP contribution in [0.1, 0.15) is 62.0 Å². The van der Waals surface area contributed by atoms with E-state index in [4.69, 9.17) is 0 Å². The zero-order valence-electron chi connectivity index (χ0n) is 12.6. The van der Waals surface area contributed by atoms with Crippen LogP contribution in [0.5, 0.6) is 0 Å². The molecule has 2 aliphatic carbocycles. The number of hydrogen-bond donors (Lipinski definition) is 2. The third-order valence-corrected chi connectivity index (χ3v) is 5.19. The van der Waals surface area contributed by atoms with Gasteiger partial charge in [0.15, 0.2) is 0 Å². The van der Waals surface area contributed by atoms with Gasteiger partial charge in [-0.05, 0) is 44.1 Å². The summed E-state index contributed by atoms with van der Waals surface area (Å²) in [6, 6.07) is 9.56. The zero-order valence-corrected chi connectivity index (χ0v) is 12.6. The maximum atomic E-state index is 10.5. The van der Waals surface area contributed by atoms with E-state index in [2.05, 4.69) is 36.5 Å². The van der Waals surface area contributed by atoms with Crippen LogP contribution in [0, 0.1) is 6.92 Å². The molecule has 2 heteroatoms. The fourth-order valence-electron chi connectivity index (χ4n) is 3.62. The minimum absolute atomic E-state index is 0.423. The van der Waals surface area contributed by atoms with Crippen molar-refractivity contribution in [3.05, 3.63) is 35.4 Å². The SMILES string of the molecule is Cc1ccc(C2CC(NCC3(O)CCCCC3)C2)cc1. The van der Waals surface area contributed by atoms with Crippen LogP contribution in [0.3, 0.4) is 0 Å². The molecule has 0 aromatic heterocycles. The van der Waals surface area contributed by atoms with Crippen LogP contribution in [-0.4, -0.2) is 23.3 Å². The molecule has 0 amide bonds. The second-order valence-electron chi connectivity index (χ2n) is 6.94. The Kier molecular flexibility index (Phi) is 4.13. The highest BCUT2D eigenvalue weighted by Gasteiger charge is 2.34. The number of hydrogen-bond acceptors (Lipinski definition) is 2. The minimum atomic E-state index is -0.423. The molecule has 0 radical (unpaired) electrons. The molecule has 0 bridgehead atoms. The maximum absolute atomic E-state index is 10.5. The quantitative estimate of drug-likeness (QED) is 0.879. The highest BCUT2D eigenvalue weighted by atomic mass is 16.3. The van der Waals surface area contributed by atoms with Gasteiger partial charge >= 0.3 is 0 Å². The van der Waals surface area contributed by atoms with Gasteiger partial charge in [-0.2, -0.15) is 0 Å². The van der Waals surface area contributed by atoms with Gasteiger partial charge in [0.25, 0.3) is 0 Å². The van der Waals surface area contributed by atoms with Crippen molar-refractivity contribution in [3.63, 3.8) is 0 Å². The zero-order chi connectivity index (χ0) is 14.0. The second-order valence-corrected chi connectivity index (χ2v) is 6.94. The van der Waals surface area contributed by atoms with Gasteiger partial charge in [0.1, 0.15) is 0 Å². The molecular weight excluding hydrogens is 246 g/mol. The van der Waals surface area contributed by atoms with Crippen molar-refractivity contribution in [1.29, 1.82) is 0 Å². The lowest BCUT2D eigenvalue weighted by Crippen LogP contribution is -2.49. The standard InChI is InChI=1S/C18H27NO/c1-14-5-7-15(8-6-14)16-11-17(12-16)19-13-18(20)9-3-2-4-10-18/h5-8,16-17,19-20H,2-4,9-13H2,1H3. The van der Waals surface area contributed by atoms with Crippen LogP contribution >= 0.6 is 0 Å². The largest absolute Gasteiger partial charge is 0.389 e. The summed E-state index contributed by atoms with van der Waals surface area (Å²) >= 11 is 0. The molecule has 2 saturated carbocycles. The van der Waals surface area contributed by atoms with Crippen molar-refractivity contribution >= 4 is 0 Å². The highest BCUT2D eigenvalue weighted by molar-refractivity contribution is 5.26. The van der Waals surface area contributed by atoms with Gasteiger partial charge in [-0.25, -0.2) is 0 Å². The molecule has 1 aromatic carbocycles. The first-order valence-electron chi connectivity index (χ1n) is 8.17. The lowest BCUT2D eigenvalue weighted by molar-refractivity contribution is -0.000286. The molecule has 0 aliphatic heterocycles. The smallest absolute Gasteiger partial charge is 0.0771 e. The van der Waals surface area contributed by atoms with Crippen molar-refractivity contribution in [2.45, 2.75) is 69.4 Å². The van der Waals surface area contributed by atoms with Gasteiger partial charge in [-0.3, -0.25) is 0 Å². The number of rotatable bonds is 4. The molecule has 0 saturated heterocycles. The molecule has 2 nitrogen and oxygen atoms in total. The Morgan fingerprint density at radius 3 is 2.40 bits per heavy atom. The van der Waals surface area contributed by atoms with Crippen LogP contribution in [0.4, 0.5) is 0 Å². The molecule has 0 heterocycles. The van der Waals surface area contributed by atoms with Crippen molar-refractivity contribution < 1.29 is 5.11 Å². The Hall–Kier alpha value is -0.860. The van der Waals surface area contributed by atoms with E-state index in [1.807, 2.05) is 0 Å². The highest BCUT2D eigenvalue weighted by Crippen LogP contribution is 2.37. The monoisotopic (exact) mass is 273 g/mol. The maximum Gasteiger partial charge on any atom is 0.0771 e. The summed E-state index contributed by atoms with van der Waals surface area (Å²) in [6.07, 6.45) is 8.07. The third-order valence-electron chi connectivity index (χ3n) is 5.19. The van der Waals surface area contributed by atoms with E-state index < -0.39 is 5.60 Å². The lowest BCUT2D eigenvalue weighted by Gasteiger charge is -2.40. The summed E-state index contributed by atoms with van der Waals surface area (Å²) < 4.78 is 0. The van der Waals surface area contributed by atoms with Gasteiger partial charge in [0.2, 0.25) is 0 Å². The number of benzene rings is 1. The normalized spacial score (nSPS) is 28.9. The number of nitrogens with one attached hydrogen (secondary N) is 1. The van der Waals surface area contributed by atoms with Gasteiger partial charge in [0.05, 0.1) is 5.60 Å². The van der Waals surface area contributed by atoms with E-state index in [0.717, 1.165) is 19.4 Å². The lowest BCUT2D eigenvalue weighted by atomic mass is 9.75. The third kappa shape index (κ3) is 3.24. The van der Waals surface area contributed by atoms with Crippen LogP contribution in [-0.2, 0) is 0 Å². The topological polar surface area (TPSA) is 32.3 Å². The molecule has 0 spiro atoms. The van der Waals surface area contributed by atoms with E-state index in [0.29, 0.717) is 12.0 Å². The molecule has 20 heavy (non-hydrogen) atoms. The van der Waals surface area contributed by atoms with E-state index in [1.54, 1.807) is 0 Å². The van der Waals surface area contributed by atoms with Gasteiger partial charge < -0.3 is 10.4 Å².